The van der Waals surface area contributed by atoms with E-state index in [-0.39, 0.29) is 18.2 Å². The van der Waals surface area contributed by atoms with Crippen molar-refractivity contribution in [3.8, 4) is 0 Å². The van der Waals surface area contributed by atoms with Crippen LogP contribution in [0, 0.1) is 6.92 Å². The third-order valence-electron chi connectivity index (χ3n) is 3.87. The Morgan fingerprint density at radius 3 is 2.40 bits per heavy atom. The van der Waals surface area contributed by atoms with E-state index in [0.29, 0.717) is 10.7 Å². The molecule has 25 heavy (non-hydrogen) atoms. The van der Waals surface area contributed by atoms with E-state index in [1.807, 2.05) is 61.5 Å². The minimum absolute atomic E-state index is 0.132. The first-order valence-corrected chi connectivity index (χ1v) is 9.15. The molecule has 128 valence electrons. The maximum Gasteiger partial charge on any atom is 0.199 e. The topological polar surface area (TPSA) is 59.3 Å². The lowest BCUT2D eigenvalue weighted by Gasteiger charge is -2.17. The predicted octanol–water partition coefficient (Wildman–Crippen LogP) is 4.21. The Labute approximate surface area is 149 Å². The van der Waals surface area contributed by atoms with Gasteiger partial charge in [0.05, 0.1) is 17.2 Å². The second-order valence-corrected chi connectivity index (χ2v) is 7.01. The lowest BCUT2D eigenvalue weighted by atomic mass is 10.0. The zero-order chi connectivity index (χ0) is 17.6. The van der Waals surface area contributed by atoms with Crippen molar-refractivity contribution >= 4 is 16.8 Å². The molecule has 1 heterocycles. The van der Waals surface area contributed by atoms with Gasteiger partial charge < -0.3 is 4.42 Å². The molecule has 0 radical (unpaired) electrons. The van der Waals surface area contributed by atoms with Gasteiger partial charge in [-0.15, -0.1) is 0 Å². The summed E-state index contributed by atoms with van der Waals surface area (Å²) in [5.41, 5.74) is 2.01. The van der Waals surface area contributed by atoms with Crippen LogP contribution in [-0.4, -0.2) is 9.99 Å². The van der Waals surface area contributed by atoms with Gasteiger partial charge in [0.2, 0.25) is 0 Å². The third kappa shape index (κ3) is 4.53. The van der Waals surface area contributed by atoms with Crippen LogP contribution in [0.25, 0.3) is 0 Å². The van der Waals surface area contributed by atoms with Crippen LogP contribution in [0.1, 0.15) is 34.1 Å². The predicted molar refractivity (Wildman–Crippen MR) is 97.6 cm³/mol. The largest absolute Gasteiger partial charge is 0.461 e. The number of furan rings is 1. The second-order valence-electron chi connectivity index (χ2n) is 5.77. The summed E-state index contributed by atoms with van der Waals surface area (Å²) in [5.74, 6) is 0.177. The zero-order valence-corrected chi connectivity index (χ0v) is 14.7. The number of benzene rings is 2. The van der Waals surface area contributed by atoms with Crippen molar-refractivity contribution < 1.29 is 13.4 Å². The lowest BCUT2D eigenvalue weighted by Crippen LogP contribution is -2.26. The summed E-state index contributed by atoms with van der Waals surface area (Å²) in [6.45, 7) is 1.98. The molecule has 2 aromatic carbocycles. The maximum absolute atomic E-state index is 12.7. The van der Waals surface area contributed by atoms with E-state index in [2.05, 4.69) is 4.72 Å². The van der Waals surface area contributed by atoms with E-state index < -0.39 is 11.0 Å². The van der Waals surface area contributed by atoms with Crippen molar-refractivity contribution in [3.63, 3.8) is 0 Å². The van der Waals surface area contributed by atoms with E-state index in [1.165, 1.54) is 6.26 Å². The van der Waals surface area contributed by atoms with Crippen molar-refractivity contribution in [2.24, 2.45) is 0 Å². The molecule has 4 nitrogen and oxygen atoms in total. The molecule has 0 fully saturated rings. The molecule has 1 N–H and O–H groups in total. The fraction of sp³-hybridized carbons (Fsp3) is 0.150. The number of aryl methyl sites for hydroxylation is 1. The highest BCUT2D eigenvalue weighted by Crippen LogP contribution is 2.21. The van der Waals surface area contributed by atoms with Crippen molar-refractivity contribution in [2.45, 2.75) is 24.3 Å². The molecular weight excluding hydrogens is 334 g/mol. The summed E-state index contributed by atoms with van der Waals surface area (Å²) >= 11 is 0. The van der Waals surface area contributed by atoms with Gasteiger partial charge in [0, 0.05) is 6.42 Å². The Morgan fingerprint density at radius 2 is 1.76 bits per heavy atom. The summed E-state index contributed by atoms with van der Waals surface area (Å²) in [6, 6.07) is 20.0. The van der Waals surface area contributed by atoms with Crippen molar-refractivity contribution in [2.75, 3.05) is 0 Å². The van der Waals surface area contributed by atoms with E-state index >= 15 is 0 Å². The molecule has 0 unspecified atom stereocenters. The van der Waals surface area contributed by atoms with Crippen LogP contribution < -0.4 is 4.72 Å². The quantitative estimate of drug-likeness (QED) is 0.647. The summed E-state index contributed by atoms with van der Waals surface area (Å²) < 4.78 is 20.9. The Bertz CT molecular complexity index is 842. The van der Waals surface area contributed by atoms with Gasteiger partial charge in [-0.05, 0) is 36.8 Å². The normalized spacial score (nSPS) is 13.3. The van der Waals surface area contributed by atoms with Crippen molar-refractivity contribution in [1.82, 2.24) is 4.72 Å². The first-order valence-electron chi connectivity index (χ1n) is 8.00. The minimum atomic E-state index is -1.42. The number of nitrogens with one attached hydrogen (secondary N) is 1. The highest BCUT2D eigenvalue weighted by Gasteiger charge is 2.21. The van der Waals surface area contributed by atoms with Crippen LogP contribution >= 0.6 is 0 Å². The summed E-state index contributed by atoms with van der Waals surface area (Å²) in [4.78, 5) is 13.1. The molecule has 0 saturated carbocycles. The smallest absolute Gasteiger partial charge is 0.199 e. The molecule has 5 heteroatoms. The number of rotatable bonds is 7. The molecule has 0 saturated heterocycles. The highest BCUT2D eigenvalue weighted by atomic mass is 32.2. The van der Waals surface area contributed by atoms with Gasteiger partial charge in [0.25, 0.3) is 0 Å². The Hall–Kier alpha value is -2.50. The fourth-order valence-electron chi connectivity index (χ4n) is 2.50. The van der Waals surface area contributed by atoms with E-state index in [4.69, 9.17) is 4.42 Å². The Morgan fingerprint density at radius 1 is 1.04 bits per heavy atom. The average molecular weight is 353 g/mol. The van der Waals surface area contributed by atoms with Gasteiger partial charge in [-0.3, -0.25) is 4.79 Å². The number of hydrogen-bond acceptors (Lipinski definition) is 3. The van der Waals surface area contributed by atoms with Gasteiger partial charge in [0.1, 0.15) is 11.0 Å². The summed E-state index contributed by atoms with van der Waals surface area (Å²) in [7, 11) is -1.42. The summed E-state index contributed by atoms with van der Waals surface area (Å²) in [5, 5.41) is 0. The Balaban J connectivity index is 1.80. The number of carbonyl (C=O) groups excluding carboxylic acids is 1. The molecule has 0 amide bonds. The molecule has 0 bridgehead atoms. The molecule has 0 aliphatic heterocycles. The van der Waals surface area contributed by atoms with Crippen LogP contribution in [0.2, 0.25) is 0 Å². The van der Waals surface area contributed by atoms with Crippen molar-refractivity contribution in [1.29, 1.82) is 0 Å². The standard InChI is InChI=1S/C20H19NO3S/c1-15-9-11-17(12-10-15)25(23)21-18(16-6-3-2-4-7-16)14-19(22)20-8-5-13-24-20/h2-13,18,21H,14H2,1H3/t18-,25+/m1/s1. The maximum atomic E-state index is 12.7. The van der Waals surface area contributed by atoms with Crippen LogP contribution in [0.5, 0.6) is 0 Å². The fourth-order valence-corrected chi connectivity index (χ4v) is 3.49. The summed E-state index contributed by atoms with van der Waals surface area (Å²) in [6.07, 6.45) is 1.64. The number of Topliss-reactive ketones (excluding diaryl/α,β-unsaturated/α-hetero) is 1. The van der Waals surface area contributed by atoms with Crippen LogP contribution in [0.4, 0.5) is 0 Å². The molecule has 0 aliphatic rings. The van der Waals surface area contributed by atoms with E-state index in [9.17, 15) is 9.00 Å². The van der Waals surface area contributed by atoms with Crippen LogP contribution in [0.15, 0.2) is 82.3 Å². The second kappa shape index (κ2) is 8.05. The van der Waals surface area contributed by atoms with Crippen molar-refractivity contribution in [3.05, 3.63) is 89.9 Å². The van der Waals surface area contributed by atoms with E-state index in [0.717, 1.165) is 11.1 Å². The van der Waals surface area contributed by atoms with Crippen LogP contribution in [-0.2, 0) is 11.0 Å². The SMILES string of the molecule is Cc1ccc([S@](=O)N[C@H](CC(=O)c2ccco2)c2ccccc2)cc1. The molecule has 2 atom stereocenters. The number of hydrogen-bond donors (Lipinski definition) is 1. The minimum Gasteiger partial charge on any atom is -0.461 e. The van der Waals surface area contributed by atoms with Gasteiger partial charge >= 0.3 is 0 Å². The molecule has 1 aromatic heterocycles. The van der Waals surface area contributed by atoms with E-state index in [1.54, 1.807) is 12.1 Å². The highest BCUT2D eigenvalue weighted by molar-refractivity contribution is 7.83. The van der Waals surface area contributed by atoms with Gasteiger partial charge in [-0.1, -0.05) is 48.0 Å². The van der Waals surface area contributed by atoms with Gasteiger partial charge in [-0.25, -0.2) is 8.93 Å². The average Bonchev–Trinajstić information content (AvgIpc) is 3.17. The third-order valence-corrected chi connectivity index (χ3v) is 5.07. The lowest BCUT2D eigenvalue weighted by molar-refractivity contribution is 0.0945. The molecular formula is C20H19NO3S. The van der Waals surface area contributed by atoms with Gasteiger partial charge in [-0.2, -0.15) is 0 Å². The molecule has 3 rings (SSSR count). The monoisotopic (exact) mass is 353 g/mol. The van der Waals surface area contributed by atoms with Crippen LogP contribution in [0.3, 0.4) is 0 Å². The number of ketones is 1. The first kappa shape index (κ1) is 17.3. The molecule has 0 aliphatic carbocycles. The first-order chi connectivity index (χ1) is 12.1. The molecule has 0 spiro atoms. The van der Waals surface area contributed by atoms with Gasteiger partial charge in [0.15, 0.2) is 11.5 Å². The number of carbonyl (C=O) groups is 1. The zero-order valence-electron chi connectivity index (χ0n) is 13.8. The Kier molecular flexibility index (Phi) is 5.58. The molecule has 3 aromatic rings.